The van der Waals surface area contributed by atoms with Gasteiger partial charge in [0, 0.05) is 58.1 Å². The second kappa shape index (κ2) is 12.2. The zero-order chi connectivity index (χ0) is 26.7. The highest BCUT2D eigenvalue weighted by Crippen LogP contribution is 2.16. The molecule has 0 bridgehead atoms. The third kappa shape index (κ3) is 7.08. The van der Waals surface area contributed by atoms with Gasteiger partial charge in [0.15, 0.2) is 0 Å². The molecule has 12 nitrogen and oxygen atoms in total. The van der Waals surface area contributed by atoms with Crippen molar-refractivity contribution in [2.24, 2.45) is 11.5 Å². The Morgan fingerprint density at radius 2 is 1.71 bits per heavy atom. The van der Waals surface area contributed by atoms with Gasteiger partial charge in [0.2, 0.25) is 5.91 Å². The van der Waals surface area contributed by atoms with Crippen molar-refractivity contribution in [3.63, 3.8) is 0 Å². The third-order valence-electron chi connectivity index (χ3n) is 6.78. The van der Waals surface area contributed by atoms with Gasteiger partial charge in [-0.25, -0.2) is 9.59 Å². The average Bonchev–Trinajstić information content (AvgIpc) is 2.86. The fourth-order valence-electron chi connectivity index (χ4n) is 4.56. The Labute approximate surface area is 228 Å². The lowest BCUT2D eigenvalue weighted by molar-refractivity contribution is -0.137. The third-order valence-corrected chi connectivity index (χ3v) is 6.78. The predicted molar refractivity (Wildman–Crippen MR) is 146 cm³/mol. The molecule has 6 N–H and O–H groups in total. The highest BCUT2D eigenvalue weighted by Gasteiger charge is 2.31. The van der Waals surface area contributed by atoms with Crippen LogP contribution < -0.4 is 22.5 Å². The number of aliphatic hydroxyl groups is 1. The van der Waals surface area contributed by atoms with E-state index in [4.69, 9.17) is 11.5 Å². The highest BCUT2D eigenvalue weighted by atomic mass is 35.5. The predicted octanol–water partition coefficient (Wildman–Crippen LogP) is -0.0384. The number of amides is 3. The summed E-state index contributed by atoms with van der Waals surface area (Å²) in [7, 11) is 0. The van der Waals surface area contributed by atoms with Crippen molar-refractivity contribution >= 4 is 30.2 Å². The SMILES string of the molecule is CC(C)(N)C(=O)N1CCN(C(=O)Nc2ccn(-c3ccc(CN4CC[C@H](N)[C@@H](O)C4)cc3)c(=O)n2)CC1.Cl. The minimum atomic E-state index is -0.954. The maximum atomic E-state index is 12.7. The lowest BCUT2D eigenvalue weighted by atomic mass is 10.0. The molecule has 1 aromatic carbocycles. The number of nitrogens with two attached hydrogens (primary N) is 2. The normalized spacial score (nSPS) is 20.6. The number of piperazine rings is 1. The van der Waals surface area contributed by atoms with Crippen LogP contribution in [0.15, 0.2) is 41.3 Å². The van der Waals surface area contributed by atoms with E-state index in [0.29, 0.717) is 45.0 Å². The van der Waals surface area contributed by atoms with E-state index in [0.717, 1.165) is 18.5 Å². The van der Waals surface area contributed by atoms with Crippen molar-refractivity contribution in [2.75, 3.05) is 44.6 Å². The summed E-state index contributed by atoms with van der Waals surface area (Å²) in [6.45, 7) is 6.89. The van der Waals surface area contributed by atoms with Crippen LogP contribution in [0.2, 0.25) is 0 Å². The van der Waals surface area contributed by atoms with E-state index in [-0.39, 0.29) is 36.2 Å². The standard InChI is InChI=1S/C25H36N8O4.ClH/c1-25(2,27)22(35)31-11-13-32(14-12-31)23(36)28-21-8-10-33(24(37)29-21)18-5-3-17(4-6-18)15-30-9-7-19(26)20(34)16-30;/h3-6,8,10,19-20,34H,7,9,11-16,26-27H2,1-2H3,(H,28,29,36,37);1H/t19-,20-;/m0./s1. The van der Waals surface area contributed by atoms with Crippen molar-refractivity contribution in [3.8, 4) is 5.69 Å². The molecule has 13 heteroatoms. The Morgan fingerprint density at radius 3 is 2.29 bits per heavy atom. The number of benzene rings is 1. The van der Waals surface area contributed by atoms with Gasteiger partial charge in [-0.15, -0.1) is 12.4 Å². The van der Waals surface area contributed by atoms with E-state index in [2.05, 4.69) is 15.2 Å². The molecule has 3 amide bonds. The molecule has 208 valence electrons. The molecule has 0 spiro atoms. The number of β-amino-alcohol motifs (C(OH)–C–C–N with tert-alkyl or cyclic N) is 1. The molecule has 0 unspecified atom stereocenters. The Balaban J connectivity index is 0.00000400. The van der Waals surface area contributed by atoms with Crippen LogP contribution in [0.5, 0.6) is 0 Å². The van der Waals surface area contributed by atoms with Crippen molar-refractivity contribution < 1.29 is 14.7 Å². The van der Waals surface area contributed by atoms with Crippen LogP contribution in [-0.2, 0) is 11.3 Å². The zero-order valence-electron chi connectivity index (χ0n) is 21.7. The van der Waals surface area contributed by atoms with E-state index in [1.165, 1.54) is 4.57 Å². The molecular weight excluding hydrogens is 512 g/mol. The van der Waals surface area contributed by atoms with Gasteiger partial charge in [-0.3, -0.25) is 19.6 Å². The average molecular weight is 549 g/mol. The maximum Gasteiger partial charge on any atom is 0.354 e. The molecule has 2 aromatic rings. The lowest BCUT2D eigenvalue weighted by Gasteiger charge is -2.37. The molecule has 2 atom stereocenters. The fourth-order valence-corrected chi connectivity index (χ4v) is 4.56. The van der Waals surface area contributed by atoms with Gasteiger partial charge in [-0.05, 0) is 44.0 Å². The molecule has 2 aliphatic heterocycles. The largest absolute Gasteiger partial charge is 0.390 e. The van der Waals surface area contributed by atoms with Crippen molar-refractivity contribution in [1.29, 1.82) is 0 Å². The molecule has 0 aliphatic carbocycles. The lowest BCUT2D eigenvalue weighted by Crippen LogP contribution is -2.58. The van der Waals surface area contributed by atoms with Crippen molar-refractivity contribution in [2.45, 2.75) is 44.5 Å². The summed E-state index contributed by atoms with van der Waals surface area (Å²) in [5.41, 5.74) is 12.0. The fraction of sp³-hybridized carbons (Fsp3) is 0.520. The van der Waals surface area contributed by atoms with Gasteiger partial charge in [-0.1, -0.05) is 12.1 Å². The smallest absolute Gasteiger partial charge is 0.354 e. The van der Waals surface area contributed by atoms with Crippen LogP contribution in [0.4, 0.5) is 10.6 Å². The second-order valence-electron chi connectivity index (χ2n) is 10.3. The number of piperidine rings is 1. The second-order valence-corrected chi connectivity index (χ2v) is 10.3. The Bertz CT molecular complexity index is 1180. The molecule has 38 heavy (non-hydrogen) atoms. The van der Waals surface area contributed by atoms with E-state index >= 15 is 0 Å². The molecule has 2 aliphatic rings. The first-order chi connectivity index (χ1) is 17.5. The summed E-state index contributed by atoms with van der Waals surface area (Å²) in [4.78, 5) is 47.0. The number of aromatic nitrogens is 2. The van der Waals surface area contributed by atoms with Gasteiger partial charge < -0.3 is 26.4 Å². The zero-order valence-corrected chi connectivity index (χ0v) is 22.6. The molecule has 2 saturated heterocycles. The van der Waals surface area contributed by atoms with Crippen LogP contribution in [0, 0.1) is 0 Å². The van der Waals surface area contributed by atoms with Crippen LogP contribution in [-0.4, -0.2) is 98.2 Å². The first-order valence-corrected chi connectivity index (χ1v) is 12.5. The monoisotopic (exact) mass is 548 g/mol. The Kier molecular flexibility index (Phi) is 9.49. The quantitative estimate of drug-likeness (QED) is 0.404. The molecule has 0 radical (unpaired) electrons. The number of likely N-dealkylation sites (tertiary alicyclic amines) is 1. The summed E-state index contributed by atoms with van der Waals surface area (Å²) in [6.07, 6.45) is 1.81. The number of anilines is 1. The topological polar surface area (TPSA) is 163 Å². The van der Waals surface area contributed by atoms with Crippen LogP contribution in [0.3, 0.4) is 0 Å². The Hall–Kier alpha value is -3.03. The number of halogens is 1. The Morgan fingerprint density at radius 1 is 1.08 bits per heavy atom. The number of urea groups is 1. The summed E-state index contributed by atoms with van der Waals surface area (Å²) < 4.78 is 1.40. The number of rotatable bonds is 5. The molecule has 4 rings (SSSR count). The van der Waals surface area contributed by atoms with Crippen LogP contribution >= 0.6 is 12.4 Å². The number of aliphatic hydroxyl groups excluding tert-OH is 1. The summed E-state index contributed by atoms with van der Waals surface area (Å²) in [5.74, 6) is 0.00669. The van der Waals surface area contributed by atoms with E-state index in [1.807, 2.05) is 24.3 Å². The summed E-state index contributed by atoms with van der Waals surface area (Å²) in [5, 5.41) is 12.7. The summed E-state index contributed by atoms with van der Waals surface area (Å²) >= 11 is 0. The summed E-state index contributed by atoms with van der Waals surface area (Å²) in [6, 6.07) is 8.58. The minimum absolute atomic E-state index is 0. The maximum absolute atomic E-state index is 12.7. The van der Waals surface area contributed by atoms with E-state index in [1.54, 1.807) is 35.9 Å². The van der Waals surface area contributed by atoms with E-state index < -0.39 is 17.3 Å². The number of hydrogen-bond acceptors (Lipinski definition) is 8. The molecule has 0 saturated carbocycles. The number of nitrogens with zero attached hydrogens (tertiary/aromatic N) is 5. The number of carbonyl (C=O) groups excluding carboxylic acids is 2. The minimum Gasteiger partial charge on any atom is -0.390 e. The van der Waals surface area contributed by atoms with Gasteiger partial charge in [-0.2, -0.15) is 4.98 Å². The van der Waals surface area contributed by atoms with Crippen molar-refractivity contribution in [3.05, 3.63) is 52.6 Å². The first-order valence-electron chi connectivity index (χ1n) is 12.5. The highest BCUT2D eigenvalue weighted by molar-refractivity contribution is 5.89. The first kappa shape index (κ1) is 29.5. The van der Waals surface area contributed by atoms with Gasteiger partial charge in [0.25, 0.3) is 0 Å². The van der Waals surface area contributed by atoms with Crippen molar-refractivity contribution in [1.82, 2.24) is 24.3 Å². The molecule has 1 aromatic heterocycles. The number of hydrogen-bond donors (Lipinski definition) is 4. The molecule has 2 fully saturated rings. The van der Waals surface area contributed by atoms with Crippen LogP contribution in [0.1, 0.15) is 25.8 Å². The van der Waals surface area contributed by atoms with E-state index in [9.17, 15) is 19.5 Å². The number of nitrogens with one attached hydrogen (secondary N) is 1. The molecular formula is C25H37ClN8O4. The van der Waals surface area contributed by atoms with Crippen LogP contribution in [0.25, 0.3) is 5.69 Å². The number of carbonyl (C=O) groups is 2. The van der Waals surface area contributed by atoms with Gasteiger partial charge in [0.05, 0.1) is 17.3 Å². The van der Waals surface area contributed by atoms with Gasteiger partial charge >= 0.3 is 11.7 Å². The molecule has 3 heterocycles. The van der Waals surface area contributed by atoms with Gasteiger partial charge in [0.1, 0.15) is 5.82 Å².